The van der Waals surface area contributed by atoms with Crippen LogP contribution in [0.25, 0.3) is 16.6 Å². The lowest BCUT2D eigenvalue weighted by atomic mass is 10.1. The van der Waals surface area contributed by atoms with Crippen LogP contribution in [-0.2, 0) is 13.5 Å². The van der Waals surface area contributed by atoms with E-state index in [1.807, 2.05) is 43.2 Å². The minimum Gasteiger partial charge on any atom is -0.484 e. The zero-order valence-electron chi connectivity index (χ0n) is 15.5. The summed E-state index contributed by atoms with van der Waals surface area (Å²) in [4.78, 5) is 8.78. The minimum absolute atomic E-state index is 0.166. The second-order valence-electron chi connectivity index (χ2n) is 6.95. The molecule has 0 bridgehead atoms. The predicted octanol–water partition coefficient (Wildman–Crippen LogP) is 2.80. The van der Waals surface area contributed by atoms with Gasteiger partial charge < -0.3 is 4.74 Å². The Hall–Kier alpha value is -3.73. The number of hydrogen-bond acceptors (Lipinski definition) is 6. The fourth-order valence-electron chi connectivity index (χ4n) is 3.64. The molecule has 0 N–H and O–H groups in total. The van der Waals surface area contributed by atoms with E-state index in [1.54, 1.807) is 10.9 Å². The number of nitriles is 1. The number of rotatable bonds is 3. The van der Waals surface area contributed by atoms with Crippen LogP contribution in [0.3, 0.4) is 0 Å². The number of aromatic nitrogens is 6. The number of aryl methyl sites for hydroxylation is 3. The number of benzene rings is 1. The van der Waals surface area contributed by atoms with E-state index in [2.05, 4.69) is 26.2 Å². The molecule has 1 aliphatic carbocycles. The number of nitrogens with zero attached hydrogens (tertiary/aromatic N) is 7. The van der Waals surface area contributed by atoms with E-state index < -0.39 is 0 Å². The summed E-state index contributed by atoms with van der Waals surface area (Å²) in [5.41, 5.74) is 4.90. The van der Waals surface area contributed by atoms with Gasteiger partial charge in [0.2, 0.25) is 0 Å². The molecule has 8 heteroatoms. The maximum Gasteiger partial charge on any atom is 0.159 e. The normalized spacial score (nSPS) is 15.5. The molecule has 0 aliphatic heterocycles. The monoisotopic (exact) mass is 371 g/mol. The summed E-state index contributed by atoms with van der Waals surface area (Å²) < 4.78 is 9.94. The highest BCUT2D eigenvalue weighted by Crippen LogP contribution is 2.35. The highest BCUT2D eigenvalue weighted by Gasteiger charge is 2.28. The summed E-state index contributed by atoms with van der Waals surface area (Å²) in [6, 6.07) is 6.13. The Morgan fingerprint density at radius 3 is 2.89 bits per heavy atom. The first-order valence-electron chi connectivity index (χ1n) is 9.02. The Balaban J connectivity index is 1.52. The summed E-state index contributed by atoms with van der Waals surface area (Å²) in [5.74, 6) is 0.794. The Morgan fingerprint density at radius 1 is 1.21 bits per heavy atom. The van der Waals surface area contributed by atoms with Crippen LogP contribution in [0.5, 0.6) is 5.75 Å². The van der Waals surface area contributed by atoms with Gasteiger partial charge in [0.1, 0.15) is 29.3 Å². The molecule has 0 saturated carbocycles. The molecule has 0 fully saturated rings. The molecule has 0 saturated heterocycles. The Bertz CT molecular complexity index is 1250. The van der Waals surface area contributed by atoms with Gasteiger partial charge in [-0.15, -0.1) is 0 Å². The lowest BCUT2D eigenvalue weighted by molar-refractivity contribution is 0.202. The molecule has 0 spiro atoms. The van der Waals surface area contributed by atoms with E-state index in [9.17, 15) is 0 Å². The summed E-state index contributed by atoms with van der Waals surface area (Å²) in [6.07, 6.45) is 8.44. The molecule has 138 valence electrons. The molecule has 3 heterocycles. The summed E-state index contributed by atoms with van der Waals surface area (Å²) in [5, 5.41) is 18.8. The first-order valence-corrected chi connectivity index (χ1v) is 9.02. The second kappa shape index (κ2) is 6.16. The van der Waals surface area contributed by atoms with E-state index >= 15 is 0 Å². The van der Waals surface area contributed by atoms with Crippen LogP contribution >= 0.6 is 0 Å². The van der Waals surface area contributed by atoms with Gasteiger partial charge in [-0.05, 0) is 31.4 Å². The van der Waals surface area contributed by atoms with Gasteiger partial charge in [-0.2, -0.15) is 15.5 Å². The molecule has 0 radical (unpaired) electrons. The van der Waals surface area contributed by atoms with Crippen molar-refractivity contribution in [2.75, 3.05) is 0 Å². The van der Waals surface area contributed by atoms with Crippen molar-refractivity contribution in [3.63, 3.8) is 0 Å². The number of fused-ring (bicyclic) bond motifs is 2. The quantitative estimate of drug-likeness (QED) is 0.550. The second-order valence-corrected chi connectivity index (χ2v) is 6.95. The lowest BCUT2D eigenvalue weighted by Gasteiger charge is -2.16. The third-order valence-electron chi connectivity index (χ3n) is 5.01. The topological polar surface area (TPSA) is 94.4 Å². The van der Waals surface area contributed by atoms with E-state index in [0.717, 1.165) is 52.1 Å². The third-order valence-corrected chi connectivity index (χ3v) is 5.01. The van der Waals surface area contributed by atoms with E-state index in [1.165, 1.54) is 6.20 Å². The third kappa shape index (κ3) is 2.60. The van der Waals surface area contributed by atoms with Crippen molar-refractivity contribution in [1.29, 1.82) is 5.26 Å². The van der Waals surface area contributed by atoms with Gasteiger partial charge in [-0.1, -0.05) is 0 Å². The summed E-state index contributed by atoms with van der Waals surface area (Å²) in [6.45, 7) is 2.02. The maximum absolute atomic E-state index is 9.01. The van der Waals surface area contributed by atoms with Crippen LogP contribution in [0, 0.1) is 18.3 Å². The maximum atomic E-state index is 9.01. The summed E-state index contributed by atoms with van der Waals surface area (Å²) >= 11 is 0. The average molecular weight is 371 g/mol. The first-order chi connectivity index (χ1) is 13.6. The molecule has 1 atom stereocenters. The summed E-state index contributed by atoms with van der Waals surface area (Å²) in [7, 11) is 1.88. The van der Waals surface area contributed by atoms with Gasteiger partial charge in [-0.3, -0.25) is 9.67 Å². The van der Waals surface area contributed by atoms with Crippen molar-refractivity contribution >= 4 is 10.9 Å². The van der Waals surface area contributed by atoms with Gasteiger partial charge in [0.25, 0.3) is 0 Å². The van der Waals surface area contributed by atoms with Crippen molar-refractivity contribution in [2.45, 2.75) is 25.9 Å². The van der Waals surface area contributed by atoms with Gasteiger partial charge in [0.05, 0.1) is 36.0 Å². The lowest BCUT2D eigenvalue weighted by Crippen LogP contribution is -2.07. The number of ether oxygens (including phenoxy) is 1. The SMILES string of the molecule is Cc1cc2cnn(-c3cnn(C)c3)c2cc1O[C@H]1CCc2nc(C#N)cnc21. The molecule has 1 aromatic carbocycles. The van der Waals surface area contributed by atoms with Crippen molar-refractivity contribution < 1.29 is 4.74 Å². The molecule has 1 aliphatic rings. The standard InChI is InChI=1S/C20H17N7O/c1-12-5-13-8-24-27(15-10-23-26(2)11-15)17(13)6-19(12)28-18-4-3-16-20(18)22-9-14(7-21)25-16/h5-6,8-11,18H,3-4H2,1-2H3/t18-/m0/s1. The fraction of sp³-hybridized carbons (Fsp3) is 0.250. The molecule has 5 rings (SSSR count). The molecular weight excluding hydrogens is 354 g/mol. The van der Waals surface area contributed by atoms with Gasteiger partial charge >= 0.3 is 0 Å². The van der Waals surface area contributed by atoms with Crippen LogP contribution < -0.4 is 4.74 Å². The van der Waals surface area contributed by atoms with E-state index in [4.69, 9.17) is 10.00 Å². The largest absolute Gasteiger partial charge is 0.484 e. The zero-order chi connectivity index (χ0) is 19.3. The fourth-order valence-corrected chi connectivity index (χ4v) is 3.64. The Labute approximate surface area is 161 Å². The molecule has 8 nitrogen and oxygen atoms in total. The zero-order valence-corrected chi connectivity index (χ0v) is 15.5. The predicted molar refractivity (Wildman–Crippen MR) is 101 cm³/mol. The molecule has 0 amide bonds. The first kappa shape index (κ1) is 16.4. The van der Waals surface area contributed by atoms with Crippen LogP contribution in [0.15, 0.2) is 36.9 Å². The van der Waals surface area contributed by atoms with Crippen LogP contribution in [0.2, 0.25) is 0 Å². The van der Waals surface area contributed by atoms with Crippen molar-refractivity contribution in [1.82, 2.24) is 29.5 Å². The van der Waals surface area contributed by atoms with Crippen molar-refractivity contribution in [2.24, 2.45) is 7.05 Å². The Kier molecular flexibility index (Phi) is 3.62. The van der Waals surface area contributed by atoms with Crippen LogP contribution in [0.4, 0.5) is 0 Å². The molecule has 0 unspecified atom stereocenters. The van der Waals surface area contributed by atoms with Gasteiger partial charge in [0, 0.05) is 18.5 Å². The molecule has 28 heavy (non-hydrogen) atoms. The molecular formula is C20H17N7O. The average Bonchev–Trinajstić information content (AvgIpc) is 3.40. The van der Waals surface area contributed by atoms with Crippen molar-refractivity contribution in [3.8, 4) is 17.5 Å². The Morgan fingerprint density at radius 2 is 2.11 bits per heavy atom. The number of hydrogen-bond donors (Lipinski definition) is 0. The van der Waals surface area contributed by atoms with Crippen LogP contribution in [0.1, 0.15) is 35.2 Å². The van der Waals surface area contributed by atoms with Crippen LogP contribution in [-0.4, -0.2) is 29.5 Å². The van der Waals surface area contributed by atoms with E-state index in [-0.39, 0.29) is 6.10 Å². The van der Waals surface area contributed by atoms with Crippen molar-refractivity contribution in [3.05, 3.63) is 59.6 Å². The van der Waals surface area contributed by atoms with E-state index in [0.29, 0.717) is 5.69 Å². The molecule has 3 aromatic heterocycles. The smallest absolute Gasteiger partial charge is 0.159 e. The van der Waals surface area contributed by atoms with Gasteiger partial charge in [-0.25, -0.2) is 9.67 Å². The molecule has 4 aromatic rings. The highest BCUT2D eigenvalue weighted by molar-refractivity contribution is 5.83. The van der Waals surface area contributed by atoms with Gasteiger partial charge in [0.15, 0.2) is 5.69 Å². The highest BCUT2D eigenvalue weighted by atomic mass is 16.5. The minimum atomic E-state index is -0.166.